The molecular formula is C11H15Cl2N3S. The van der Waals surface area contributed by atoms with Crippen LogP contribution in [0.1, 0.15) is 25.7 Å². The molecule has 0 radical (unpaired) electrons. The van der Waals surface area contributed by atoms with Gasteiger partial charge in [0, 0.05) is 17.4 Å². The summed E-state index contributed by atoms with van der Waals surface area (Å²) in [5.41, 5.74) is 0.789. The molecule has 1 aromatic heterocycles. The van der Waals surface area contributed by atoms with E-state index in [1.54, 1.807) is 6.07 Å². The zero-order valence-electron chi connectivity index (χ0n) is 9.62. The van der Waals surface area contributed by atoms with E-state index >= 15 is 0 Å². The summed E-state index contributed by atoms with van der Waals surface area (Å²) < 4.78 is 0. The van der Waals surface area contributed by atoms with E-state index in [2.05, 4.69) is 21.8 Å². The normalized spacial score (nSPS) is 24.6. The van der Waals surface area contributed by atoms with Crippen molar-refractivity contribution in [3.8, 4) is 0 Å². The fraction of sp³-hybridized carbons (Fsp3) is 0.636. The Morgan fingerprint density at radius 2 is 2.06 bits per heavy atom. The van der Waals surface area contributed by atoms with Crippen LogP contribution in [0.3, 0.4) is 0 Å². The minimum Gasteiger partial charge on any atom is -0.379 e. The Hall–Kier alpha value is -0.190. The topological polar surface area (TPSA) is 37.8 Å². The summed E-state index contributed by atoms with van der Waals surface area (Å²) in [6.07, 6.45) is 7.15. The van der Waals surface area contributed by atoms with Crippen LogP contribution in [0.4, 0.5) is 5.69 Å². The monoisotopic (exact) mass is 291 g/mol. The minimum atomic E-state index is 0.369. The third-order valence-electron chi connectivity index (χ3n) is 3.07. The Morgan fingerprint density at radius 3 is 2.82 bits per heavy atom. The van der Waals surface area contributed by atoms with Crippen LogP contribution in [0.5, 0.6) is 0 Å². The van der Waals surface area contributed by atoms with Gasteiger partial charge in [-0.3, -0.25) is 0 Å². The largest absolute Gasteiger partial charge is 0.379 e. The van der Waals surface area contributed by atoms with Crippen molar-refractivity contribution in [2.45, 2.75) is 37.0 Å². The fourth-order valence-electron chi connectivity index (χ4n) is 2.20. The second-order valence-electron chi connectivity index (χ2n) is 4.18. The van der Waals surface area contributed by atoms with Gasteiger partial charge in [-0.05, 0) is 19.1 Å². The molecule has 2 atom stereocenters. The second kappa shape index (κ2) is 6.12. The average molecular weight is 292 g/mol. The van der Waals surface area contributed by atoms with Crippen molar-refractivity contribution in [2.75, 3.05) is 11.6 Å². The minimum absolute atomic E-state index is 0.369. The molecule has 2 rings (SSSR count). The zero-order valence-corrected chi connectivity index (χ0v) is 11.9. The zero-order chi connectivity index (χ0) is 12.3. The van der Waals surface area contributed by atoms with Crippen molar-refractivity contribution < 1.29 is 0 Å². The molecular weight excluding hydrogens is 277 g/mol. The number of anilines is 1. The van der Waals surface area contributed by atoms with Gasteiger partial charge in [0.2, 0.25) is 0 Å². The van der Waals surface area contributed by atoms with Gasteiger partial charge in [-0.2, -0.15) is 11.8 Å². The first-order chi connectivity index (χ1) is 8.20. The predicted molar refractivity (Wildman–Crippen MR) is 75.2 cm³/mol. The lowest BCUT2D eigenvalue weighted by molar-refractivity contribution is 0.475. The van der Waals surface area contributed by atoms with Gasteiger partial charge in [-0.15, -0.1) is 10.2 Å². The van der Waals surface area contributed by atoms with Crippen LogP contribution in [0.15, 0.2) is 6.07 Å². The van der Waals surface area contributed by atoms with E-state index in [1.807, 2.05) is 11.8 Å². The quantitative estimate of drug-likeness (QED) is 0.917. The van der Waals surface area contributed by atoms with Gasteiger partial charge in [-0.1, -0.05) is 36.0 Å². The van der Waals surface area contributed by atoms with Gasteiger partial charge in [0.15, 0.2) is 10.3 Å². The third kappa shape index (κ3) is 3.39. The summed E-state index contributed by atoms with van der Waals surface area (Å²) in [4.78, 5) is 0. The lowest BCUT2D eigenvalue weighted by Crippen LogP contribution is -2.34. The Balaban J connectivity index is 2.10. The first-order valence-corrected chi connectivity index (χ1v) is 7.73. The summed E-state index contributed by atoms with van der Waals surface area (Å²) in [6, 6.07) is 2.18. The summed E-state index contributed by atoms with van der Waals surface area (Å²) in [7, 11) is 0. The summed E-state index contributed by atoms with van der Waals surface area (Å²) in [5.74, 6) is 0. The van der Waals surface area contributed by atoms with Gasteiger partial charge < -0.3 is 5.32 Å². The number of hydrogen-bond acceptors (Lipinski definition) is 4. The van der Waals surface area contributed by atoms with E-state index in [0.29, 0.717) is 21.6 Å². The van der Waals surface area contributed by atoms with E-state index in [0.717, 1.165) is 5.69 Å². The molecule has 0 spiro atoms. The van der Waals surface area contributed by atoms with Gasteiger partial charge >= 0.3 is 0 Å². The number of thioether (sulfide) groups is 1. The Labute approximate surface area is 116 Å². The number of nitrogens with zero attached hydrogens (tertiary/aromatic N) is 2. The van der Waals surface area contributed by atoms with Crippen molar-refractivity contribution in [3.05, 3.63) is 16.4 Å². The predicted octanol–water partition coefficient (Wildman–Crippen LogP) is 3.87. The molecule has 3 nitrogen and oxygen atoms in total. The first kappa shape index (κ1) is 13.2. The van der Waals surface area contributed by atoms with Crippen LogP contribution in [0.2, 0.25) is 10.3 Å². The Bertz CT molecular complexity index is 389. The number of rotatable bonds is 3. The van der Waals surface area contributed by atoms with Crippen molar-refractivity contribution in [1.82, 2.24) is 10.2 Å². The Morgan fingerprint density at radius 1 is 1.29 bits per heavy atom. The smallest absolute Gasteiger partial charge is 0.174 e. The molecule has 1 N–H and O–H groups in total. The third-order valence-corrected chi connectivity index (χ3v) is 4.70. The highest BCUT2D eigenvalue weighted by atomic mass is 35.5. The van der Waals surface area contributed by atoms with E-state index in [1.165, 1.54) is 25.7 Å². The van der Waals surface area contributed by atoms with E-state index < -0.39 is 0 Å². The van der Waals surface area contributed by atoms with E-state index in [9.17, 15) is 0 Å². The molecule has 0 aromatic carbocycles. The van der Waals surface area contributed by atoms with Crippen molar-refractivity contribution in [3.63, 3.8) is 0 Å². The molecule has 1 heterocycles. The van der Waals surface area contributed by atoms with Gasteiger partial charge in [0.25, 0.3) is 0 Å². The molecule has 17 heavy (non-hydrogen) atoms. The standard InChI is InChI=1S/C11H15Cl2N3S/c1-17-9-5-3-2-4-7(9)14-8-6-10(12)15-16-11(8)13/h6-7,9H,2-5H2,1H3,(H,14,15). The summed E-state index contributed by atoms with van der Waals surface area (Å²) >= 11 is 13.7. The van der Waals surface area contributed by atoms with Crippen LogP contribution in [-0.4, -0.2) is 27.7 Å². The van der Waals surface area contributed by atoms with Gasteiger partial charge in [-0.25, -0.2) is 0 Å². The Kier molecular flexibility index (Phi) is 4.77. The van der Waals surface area contributed by atoms with Crippen LogP contribution in [0, 0.1) is 0 Å². The van der Waals surface area contributed by atoms with Crippen LogP contribution < -0.4 is 5.32 Å². The maximum atomic E-state index is 6.00. The lowest BCUT2D eigenvalue weighted by atomic mass is 9.95. The maximum absolute atomic E-state index is 6.00. The molecule has 94 valence electrons. The number of halogens is 2. The second-order valence-corrected chi connectivity index (χ2v) is 6.00. The molecule has 1 aromatic rings. The maximum Gasteiger partial charge on any atom is 0.174 e. The van der Waals surface area contributed by atoms with Gasteiger partial charge in [0.1, 0.15) is 0 Å². The molecule has 0 bridgehead atoms. The SMILES string of the molecule is CSC1CCCCC1Nc1cc(Cl)nnc1Cl. The number of aromatic nitrogens is 2. The highest BCUT2D eigenvalue weighted by Gasteiger charge is 2.24. The molecule has 0 aliphatic heterocycles. The molecule has 0 saturated heterocycles. The fourth-order valence-corrected chi connectivity index (χ4v) is 3.43. The molecule has 1 aliphatic rings. The number of hydrogen-bond donors (Lipinski definition) is 1. The van der Waals surface area contributed by atoms with Crippen molar-refractivity contribution in [1.29, 1.82) is 0 Å². The van der Waals surface area contributed by atoms with Crippen LogP contribution >= 0.6 is 35.0 Å². The molecule has 6 heteroatoms. The first-order valence-electron chi connectivity index (χ1n) is 5.68. The lowest BCUT2D eigenvalue weighted by Gasteiger charge is -2.31. The van der Waals surface area contributed by atoms with E-state index in [-0.39, 0.29) is 0 Å². The molecule has 2 unspecified atom stereocenters. The number of nitrogens with one attached hydrogen (secondary N) is 1. The highest BCUT2D eigenvalue weighted by Crippen LogP contribution is 2.31. The molecule has 1 aliphatic carbocycles. The highest BCUT2D eigenvalue weighted by molar-refractivity contribution is 7.99. The van der Waals surface area contributed by atoms with Crippen molar-refractivity contribution in [2.24, 2.45) is 0 Å². The summed E-state index contributed by atoms with van der Waals surface area (Å²) in [6.45, 7) is 0. The molecule has 0 amide bonds. The van der Waals surface area contributed by atoms with Crippen LogP contribution in [-0.2, 0) is 0 Å². The van der Waals surface area contributed by atoms with Gasteiger partial charge in [0.05, 0.1) is 5.69 Å². The van der Waals surface area contributed by atoms with E-state index in [4.69, 9.17) is 23.2 Å². The molecule has 1 fully saturated rings. The summed E-state index contributed by atoms with van der Waals surface area (Å²) in [5, 5.41) is 12.4. The average Bonchev–Trinajstić information content (AvgIpc) is 2.34. The van der Waals surface area contributed by atoms with Crippen molar-refractivity contribution >= 4 is 40.7 Å². The van der Waals surface area contributed by atoms with Crippen LogP contribution in [0.25, 0.3) is 0 Å². The molecule has 1 saturated carbocycles.